The summed E-state index contributed by atoms with van der Waals surface area (Å²) in [5, 5.41) is 10.6. The van der Waals surface area contributed by atoms with Crippen LogP contribution in [0.3, 0.4) is 0 Å². The Hall–Kier alpha value is -0.990. The minimum absolute atomic E-state index is 0.282. The van der Waals surface area contributed by atoms with Gasteiger partial charge in [-0.05, 0) is 17.9 Å². The van der Waals surface area contributed by atoms with E-state index in [1.54, 1.807) is 17.5 Å². The topological polar surface area (TPSA) is 72.0 Å². The van der Waals surface area contributed by atoms with E-state index >= 15 is 0 Å². The number of nitrogens with zero attached hydrogens (tertiary/aromatic N) is 2. The molecule has 0 unspecified atom stereocenters. The Kier molecular flexibility index (Phi) is 3.75. The summed E-state index contributed by atoms with van der Waals surface area (Å²) >= 11 is 2.45. The number of anilines is 1. The number of hydrogen-bond acceptors (Lipinski definition) is 6. The van der Waals surface area contributed by atoms with E-state index < -0.39 is 10.0 Å². The lowest BCUT2D eigenvalue weighted by atomic mass is 10.4. The first-order chi connectivity index (χ1) is 8.12. The van der Waals surface area contributed by atoms with Crippen LogP contribution in [0, 0.1) is 0 Å². The number of aryl methyl sites for hydroxylation is 1. The molecule has 0 radical (unpaired) electrons. The summed E-state index contributed by atoms with van der Waals surface area (Å²) in [6.07, 6.45) is 1.78. The van der Waals surface area contributed by atoms with E-state index in [9.17, 15) is 8.42 Å². The van der Waals surface area contributed by atoms with E-state index in [-0.39, 0.29) is 4.21 Å². The Morgan fingerprint density at radius 2 is 2.24 bits per heavy atom. The molecule has 2 aromatic rings. The number of aromatic nitrogens is 2. The Morgan fingerprint density at radius 1 is 1.41 bits per heavy atom. The van der Waals surface area contributed by atoms with E-state index in [1.807, 2.05) is 6.92 Å². The third kappa shape index (κ3) is 3.02. The fourth-order valence-electron chi connectivity index (χ4n) is 1.19. The van der Waals surface area contributed by atoms with Crippen molar-refractivity contribution < 1.29 is 8.42 Å². The molecule has 0 aliphatic heterocycles. The van der Waals surface area contributed by atoms with Crippen LogP contribution in [-0.2, 0) is 16.4 Å². The van der Waals surface area contributed by atoms with Crippen molar-refractivity contribution in [2.24, 2.45) is 0 Å². The second-order valence-electron chi connectivity index (χ2n) is 3.29. The van der Waals surface area contributed by atoms with Gasteiger partial charge in [0.2, 0.25) is 5.13 Å². The Labute approximate surface area is 108 Å². The van der Waals surface area contributed by atoms with Crippen molar-refractivity contribution in [1.82, 2.24) is 10.2 Å². The number of rotatable bonds is 5. The average Bonchev–Trinajstić information content (AvgIpc) is 2.88. The molecular formula is C9H11N3O2S3. The van der Waals surface area contributed by atoms with Crippen molar-refractivity contribution in [1.29, 1.82) is 0 Å². The lowest BCUT2D eigenvalue weighted by Crippen LogP contribution is -2.11. The molecule has 8 heteroatoms. The number of nitrogens with one attached hydrogen (secondary N) is 1. The maximum absolute atomic E-state index is 11.9. The molecule has 0 saturated carbocycles. The fourth-order valence-corrected chi connectivity index (χ4v) is 4.26. The van der Waals surface area contributed by atoms with Gasteiger partial charge >= 0.3 is 0 Å². The molecule has 17 heavy (non-hydrogen) atoms. The molecule has 2 aromatic heterocycles. The number of sulfonamides is 1. The van der Waals surface area contributed by atoms with Gasteiger partial charge in [0.15, 0.2) is 0 Å². The van der Waals surface area contributed by atoms with Gasteiger partial charge < -0.3 is 0 Å². The molecule has 0 saturated heterocycles. The standard InChI is InChI=1S/C9H11N3O2S3/c1-2-4-7-10-11-9(16-7)12-17(13,14)8-5-3-6-15-8/h3,5-6H,2,4H2,1H3,(H,11,12). The zero-order valence-corrected chi connectivity index (χ0v) is 11.5. The summed E-state index contributed by atoms with van der Waals surface area (Å²) in [5.74, 6) is 0. The quantitative estimate of drug-likeness (QED) is 0.917. The van der Waals surface area contributed by atoms with Gasteiger partial charge in [-0.3, -0.25) is 4.72 Å². The van der Waals surface area contributed by atoms with Crippen LogP contribution in [0.1, 0.15) is 18.4 Å². The zero-order valence-electron chi connectivity index (χ0n) is 9.08. The molecule has 0 bridgehead atoms. The van der Waals surface area contributed by atoms with Crippen LogP contribution in [0.25, 0.3) is 0 Å². The average molecular weight is 289 g/mol. The summed E-state index contributed by atoms with van der Waals surface area (Å²) in [6, 6.07) is 3.25. The minimum Gasteiger partial charge on any atom is -0.253 e. The number of hydrogen-bond donors (Lipinski definition) is 1. The maximum Gasteiger partial charge on any atom is 0.273 e. The molecule has 1 N–H and O–H groups in total. The smallest absolute Gasteiger partial charge is 0.253 e. The van der Waals surface area contributed by atoms with Gasteiger partial charge in [0.05, 0.1) is 0 Å². The van der Waals surface area contributed by atoms with Gasteiger partial charge in [-0.15, -0.1) is 21.5 Å². The highest BCUT2D eigenvalue weighted by atomic mass is 32.2. The first kappa shape index (κ1) is 12.5. The highest BCUT2D eigenvalue weighted by Crippen LogP contribution is 2.22. The molecule has 0 aliphatic carbocycles. The molecular weight excluding hydrogens is 278 g/mol. The lowest BCUT2D eigenvalue weighted by molar-refractivity contribution is 0.603. The number of thiophene rings is 1. The van der Waals surface area contributed by atoms with Gasteiger partial charge in [-0.2, -0.15) is 0 Å². The minimum atomic E-state index is -3.50. The van der Waals surface area contributed by atoms with E-state index in [1.165, 1.54) is 22.7 Å². The third-order valence-electron chi connectivity index (χ3n) is 1.91. The maximum atomic E-state index is 11.9. The van der Waals surface area contributed by atoms with Crippen LogP contribution in [0.4, 0.5) is 5.13 Å². The summed E-state index contributed by atoms with van der Waals surface area (Å²) in [5.41, 5.74) is 0. The van der Waals surface area contributed by atoms with Crippen molar-refractivity contribution in [2.45, 2.75) is 24.0 Å². The first-order valence-corrected chi connectivity index (χ1v) is 8.18. The summed E-state index contributed by atoms with van der Waals surface area (Å²) < 4.78 is 26.4. The third-order valence-corrected chi connectivity index (χ3v) is 5.68. The monoisotopic (exact) mass is 289 g/mol. The van der Waals surface area contributed by atoms with E-state index in [0.29, 0.717) is 5.13 Å². The molecule has 0 aromatic carbocycles. The summed E-state index contributed by atoms with van der Waals surface area (Å²) in [4.78, 5) is 0. The summed E-state index contributed by atoms with van der Waals surface area (Å²) in [6.45, 7) is 2.04. The van der Waals surface area contributed by atoms with Gasteiger partial charge in [0.1, 0.15) is 9.22 Å². The van der Waals surface area contributed by atoms with Crippen molar-refractivity contribution in [3.63, 3.8) is 0 Å². The molecule has 92 valence electrons. The van der Waals surface area contributed by atoms with Crippen LogP contribution in [0.2, 0.25) is 0 Å². The molecule has 2 rings (SSSR count). The van der Waals surface area contributed by atoms with Crippen LogP contribution in [0.15, 0.2) is 21.7 Å². The second-order valence-corrected chi connectivity index (χ2v) is 7.21. The largest absolute Gasteiger partial charge is 0.273 e. The molecule has 0 amide bonds. The predicted octanol–water partition coefficient (Wildman–Crippen LogP) is 2.35. The first-order valence-electron chi connectivity index (χ1n) is 5.00. The molecule has 5 nitrogen and oxygen atoms in total. The predicted molar refractivity (Wildman–Crippen MR) is 69.0 cm³/mol. The van der Waals surface area contributed by atoms with Crippen molar-refractivity contribution in [3.8, 4) is 0 Å². The molecule has 0 spiro atoms. The molecule has 0 fully saturated rings. The van der Waals surface area contributed by atoms with Crippen LogP contribution in [-0.4, -0.2) is 18.6 Å². The summed E-state index contributed by atoms with van der Waals surface area (Å²) in [7, 11) is -3.50. The highest BCUT2D eigenvalue weighted by molar-refractivity contribution is 7.94. The lowest BCUT2D eigenvalue weighted by Gasteiger charge is -2.00. The van der Waals surface area contributed by atoms with Crippen LogP contribution in [0.5, 0.6) is 0 Å². The molecule has 0 atom stereocenters. The van der Waals surface area contributed by atoms with E-state index in [2.05, 4.69) is 14.9 Å². The van der Waals surface area contributed by atoms with Gasteiger partial charge in [0.25, 0.3) is 10.0 Å². The van der Waals surface area contributed by atoms with E-state index in [0.717, 1.165) is 17.8 Å². The van der Waals surface area contributed by atoms with Crippen LogP contribution >= 0.6 is 22.7 Å². The Morgan fingerprint density at radius 3 is 2.88 bits per heavy atom. The molecule has 0 aliphatic rings. The van der Waals surface area contributed by atoms with Gasteiger partial charge in [-0.25, -0.2) is 8.42 Å². The Bertz CT molecular complexity index is 574. The fraction of sp³-hybridized carbons (Fsp3) is 0.333. The zero-order chi connectivity index (χ0) is 12.3. The Balaban J connectivity index is 2.15. The van der Waals surface area contributed by atoms with Crippen molar-refractivity contribution >= 4 is 37.8 Å². The SMILES string of the molecule is CCCc1nnc(NS(=O)(=O)c2cccs2)s1. The van der Waals surface area contributed by atoms with Gasteiger partial charge in [0, 0.05) is 6.42 Å². The van der Waals surface area contributed by atoms with Gasteiger partial charge in [-0.1, -0.05) is 24.3 Å². The van der Waals surface area contributed by atoms with Crippen LogP contribution < -0.4 is 4.72 Å². The van der Waals surface area contributed by atoms with E-state index in [4.69, 9.17) is 0 Å². The molecule has 2 heterocycles. The van der Waals surface area contributed by atoms with Crippen molar-refractivity contribution in [2.75, 3.05) is 4.72 Å². The second kappa shape index (κ2) is 5.11. The normalized spacial score (nSPS) is 11.6. The highest BCUT2D eigenvalue weighted by Gasteiger charge is 2.17. The van der Waals surface area contributed by atoms with Crippen molar-refractivity contribution in [3.05, 3.63) is 22.5 Å².